The first-order chi connectivity index (χ1) is 8.31. The van der Waals surface area contributed by atoms with E-state index in [-0.39, 0.29) is 11.3 Å². The molecule has 3 heteroatoms. The van der Waals surface area contributed by atoms with Crippen molar-refractivity contribution in [3.63, 3.8) is 0 Å². The van der Waals surface area contributed by atoms with Crippen LogP contribution in [0.5, 0.6) is 0 Å². The Labute approximate surface area is 119 Å². The van der Waals surface area contributed by atoms with Crippen molar-refractivity contribution in [2.24, 2.45) is 0 Å². The van der Waals surface area contributed by atoms with Gasteiger partial charge in [0.25, 0.3) is 5.91 Å². The SMILES string of the molecule is CCN(CC)C(=O)c1ccc(C(C)(C)C)c(Br)c1. The minimum Gasteiger partial charge on any atom is -0.339 e. The van der Waals surface area contributed by atoms with Gasteiger partial charge in [-0.15, -0.1) is 0 Å². The van der Waals surface area contributed by atoms with Crippen molar-refractivity contribution >= 4 is 21.8 Å². The van der Waals surface area contributed by atoms with Crippen LogP contribution in [0.2, 0.25) is 0 Å². The van der Waals surface area contributed by atoms with Crippen LogP contribution in [0.4, 0.5) is 0 Å². The van der Waals surface area contributed by atoms with Crippen LogP contribution in [-0.4, -0.2) is 23.9 Å². The van der Waals surface area contributed by atoms with Crippen LogP contribution < -0.4 is 0 Å². The van der Waals surface area contributed by atoms with E-state index in [0.29, 0.717) is 0 Å². The lowest BCUT2D eigenvalue weighted by molar-refractivity contribution is 0.0773. The van der Waals surface area contributed by atoms with Crippen molar-refractivity contribution in [3.8, 4) is 0 Å². The number of rotatable bonds is 3. The summed E-state index contributed by atoms with van der Waals surface area (Å²) in [6.45, 7) is 12.0. The lowest BCUT2D eigenvalue weighted by Crippen LogP contribution is -2.30. The molecular formula is C15H22BrNO. The summed E-state index contributed by atoms with van der Waals surface area (Å²) < 4.78 is 1.01. The zero-order valence-electron chi connectivity index (χ0n) is 11.9. The molecule has 1 amide bonds. The Morgan fingerprint density at radius 2 is 1.78 bits per heavy atom. The zero-order valence-corrected chi connectivity index (χ0v) is 13.5. The molecule has 0 saturated carbocycles. The van der Waals surface area contributed by atoms with E-state index in [4.69, 9.17) is 0 Å². The van der Waals surface area contributed by atoms with Crippen molar-refractivity contribution in [3.05, 3.63) is 33.8 Å². The van der Waals surface area contributed by atoms with E-state index in [0.717, 1.165) is 23.1 Å². The van der Waals surface area contributed by atoms with E-state index in [1.165, 1.54) is 5.56 Å². The van der Waals surface area contributed by atoms with Crippen molar-refractivity contribution in [1.29, 1.82) is 0 Å². The van der Waals surface area contributed by atoms with Crippen molar-refractivity contribution < 1.29 is 4.79 Å². The molecule has 1 aromatic carbocycles. The Kier molecular flexibility index (Phi) is 4.97. The van der Waals surface area contributed by atoms with E-state index in [9.17, 15) is 4.79 Å². The Hall–Kier alpha value is -0.830. The Morgan fingerprint density at radius 1 is 1.22 bits per heavy atom. The maximum absolute atomic E-state index is 12.2. The minimum atomic E-state index is 0.0790. The molecular weight excluding hydrogens is 290 g/mol. The largest absolute Gasteiger partial charge is 0.339 e. The highest BCUT2D eigenvalue weighted by Gasteiger charge is 2.19. The maximum atomic E-state index is 12.2. The Balaban J connectivity index is 3.08. The minimum absolute atomic E-state index is 0.0790. The molecule has 0 aliphatic heterocycles. The summed E-state index contributed by atoms with van der Waals surface area (Å²) in [5.41, 5.74) is 2.05. The van der Waals surface area contributed by atoms with Gasteiger partial charge < -0.3 is 4.90 Å². The summed E-state index contributed by atoms with van der Waals surface area (Å²) in [6, 6.07) is 5.90. The molecule has 0 aliphatic carbocycles. The average molecular weight is 312 g/mol. The highest BCUT2D eigenvalue weighted by molar-refractivity contribution is 9.10. The van der Waals surface area contributed by atoms with Crippen LogP contribution in [-0.2, 0) is 5.41 Å². The number of halogens is 1. The summed E-state index contributed by atoms with van der Waals surface area (Å²) in [5, 5.41) is 0. The lowest BCUT2D eigenvalue weighted by Gasteiger charge is -2.23. The smallest absolute Gasteiger partial charge is 0.253 e. The summed E-state index contributed by atoms with van der Waals surface area (Å²) >= 11 is 3.57. The van der Waals surface area contributed by atoms with Gasteiger partial charge in [0.1, 0.15) is 0 Å². The first kappa shape index (κ1) is 15.2. The van der Waals surface area contributed by atoms with E-state index in [1.807, 2.05) is 36.9 Å². The molecule has 0 saturated heterocycles. The monoisotopic (exact) mass is 311 g/mol. The second kappa shape index (κ2) is 5.87. The quantitative estimate of drug-likeness (QED) is 0.818. The summed E-state index contributed by atoms with van der Waals surface area (Å²) in [6.07, 6.45) is 0. The zero-order chi connectivity index (χ0) is 13.9. The van der Waals surface area contributed by atoms with Crippen LogP contribution in [0.1, 0.15) is 50.5 Å². The van der Waals surface area contributed by atoms with Gasteiger partial charge in [-0.1, -0.05) is 42.8 Å². The molecule has 0 spiro atoms. The normalized spacial score (nSPS) is 11.4. The number of hydrogen-bond acceptors (Lipinski definition) is 1. The fourth-order valence-electron chi connectivity index (χ4n) is 1.95. The van der Waals surface area contributed by atoms with Crippen LogP contribution >= 0.6 is 15.9 Å². The van der Waals surface area contributed by atoms with Gasteiger partial charge in [-0.25, -0.2) is 0 Å². The number of hydrogen-bond donors (Lipinski definition) is 0. The molecule has 18 heavy (non-hydrogen) atoms. The number of nitrogens with zero attached hydrogens (tertiary/aromatic N) is 1. The molecule has 0 N–H and O–H groups in total. The molecule has 2 nitrogen and oxygen atoms in total. The second-order valence-electron chi connectivity index (χ2n) is 5.42. The average Bonchev–Trinajstić information content (AvgIpc) is 2.28. The van der Waals surface area contributed by atoms with Gasteiger partial charge in [0.05, 0.1) is 0 Å². The lowest BCUT2D eigenvalue weighted by atomic mass is 9.86. The van der Waals surface area contributed by atoms with Gasteiger partial charge in [-0.05, 0) is 37.0 Å². The molecule has 0 aromatic heterocycles. The van der Waals surface area contributed by atoms with Gasteiger partial charge in [0.15, 0.2) is 0 Å². The molecule has 0 aliphatic rings. The van der Waals surface area contributed by atoms with Gasteiger partial charge in [-0.2, -0.15) is 0 Å². The molecule has 0 bridgehead atoms. The highest BCUT2D eigenvalue weighted by atomic mass is 79.9. The van der Waals surface area contributed by atoms with Crippen LogP contribution in [0.3, 0.4) is 0 Å². The predicted molar refractivity (Wildman–Crippen MR) is 80.1 cm³/mol. The third kappa shape index (κ3) is 3.35. The predicted octanol–water partition coefficient (Wildman–Crippen LogP) is 4.23. The topological polar surface area (TPSA) is 20.3 Å². The number of carbonyl (C=O) groups excluding carboxylic acids is 1. The van der Waals surface area contributed by atoms with Crippen molar-refractivity contribution in [2.75, 3.05) is 13.1 Å². The fraction of sp³-hybridized carbons (Fsp3) is 0.533. The molecule has 0 heterocycles. The number of carbonyl (C=O) groups is 1. The molecule has 0 unspecified atom stereocenters. The number of amides is 1. The van der Waals surface area contributed by atoms with E-state index in [1.54, 1.807) is 0 Å². The van der Waals surface area contributed by atoms with Gasteiger partial charge >= 0.3 is 0 Å². The van der Waals surface area contributed by atoms with Gasteiger partial charge in [0.2, 0.25) is 0 Å². The van der Waals surface area contributed by atoms with Crippen LogP contribution in [0.15, 0.2) is 22.7 Å². The third-order valence-corrected chi connectivity index (χ3v) is 3.73. The van der Waals surface area contributed by atoms with E-state index >= 15 is 0 Å². The Morgan fingerprint density at radius 3 is 2.17 bits per heavy atom. The molecule has 1 rings (SSSR count). The summed E-state index contributed by atoms with van der Waals surface area (Å²) in [7, 11) is 0. The van der Waals surface area contributed by atoms with E-state index in [2.05, 4.69) is 36.7 Å². The molecule has 0 fully saturated rings. The van der Waals surface area contributed by atoms with Crippen LogP contribution in [0, 0.1) is 0 Å². The van der Waals surface area contributed by atoms with Crippen molar-refractivity contribution in [1.82, 2.24) is 4.90 Å². The highest BCUT2D eigenvalue weighted by Crippen LogP contribution is 2.30. The summed E-state index contributed by atoms with van der Waals surface area (Å²) in [5.74, 6) is 0.0983. The molecule has 0 radical (unpaired) electrons. The Bertz CT molecular complexity index is 431. The molecule has 0 atom stereocenters. The van der Waals surface area contributed by atoms with Crippen LogP contribution in [0.25, 0.3) is 0 Å². The molecule has 100 valence electrons. The second-order valence-corrected chi connectivity index (χ2v) is 6.28. The molecule has 1 aromatic rings. The fourth-order valence-corrected chi connectivity index (χ4v) is 2.92. The first-order valence-corrected chi connectivity index (χ1v) is 7.19. The summed E-state index contributed by atoms with van der Waals surface area (Å²) in [4.78, 5) is 14.1. The first-order valence-electron chi connectivity index (χ1n) is 6.40. The van der Waals surface area contributed by atoms with Gasteiger partial charge in [-0.3, -0.25) is 4.79 Å². The van der Waals surface area contributed by atoms with E-state index < -0.39 is 0 Å². The van der Waals surface area contributed by atoms with Gasteiger partial charge in [0, 0.05) is 23.1 Å². The maximum Gasteiger partial charge on any atom is 0.253 e. The standard InChI is InChI=1S/C15H22BrNO/c1-6-17(7-2)14(18)11-8-9-12(13(16)10-11)15(3,4)5/h8-10H,6-7H2,1-5H3. The third-order valence-electron chi connectivity index (χ3n) is 3.07. The number of benzene rings is 1. The van der Waals surface area contributed by atoms with Crippen molar-refractivity contribution in [2.45, 2.75) is 40.0 Å².